The molecule has 164 valence electrons. The Morgan fingerprint density at radius 2 is 1.58 bits per heavy atom. The van der Waals surface area contributed by atoms with E-state index in [0.29, 0.717) is 5.57 Å². The molecule has 6 heteroatoms. The maximum absolute atomic E-state index is 12.7. The molecule has 0 fully saturated rings. The summed E-state index contributed by atoms with van der Waals surface area (Å²) in [7, 11) is 2.90. The summed E-state index contributed by atoms with van der Waals surface area (Å²) in [6, 6.07) is 18.0. The standard InChI is InChI=1S/C25H29NO5/c1-25(2,3)31-24(28)26-15-20(23(27)30-5)22(21(16-26)29-4)19-13-9-12-18(14-19)17-10-7-6-8-11-17/h6-14,21H,15-16H2,1-5H3. The van der Waals surface area contributed by atoms with Gasteiger partial charge in [0.25, 0.3) is 0 Å². The molecular weight excluding hydrogens is 394 g/mol. The summed E-state index contributed by atoms with van der Waals surface area (Å²) >= 11 is 0. The zero-order valence-electron chi connectivity index (χ0n) is 18.7. The third-order valence-corrected chi connectivity index (χ3v) is 5.03. The van der Waals surface area contributed by atoms with Gasteiger partial charge in [-0.3, -0.25) is 0 Å². The van der Waals surface area contributed by atoms with Gasteiger partial charge in [-0.25, -0.2) is 9.59 Å². The summed E-state index contributed by atoms with van der Waals surface area (Å²) in [5.41, 5.74) is 3.43. The molecule has 0 saturated heterocycles. The summed E-state index contributed by atoms with van der Waals surface area (Å²) in [5.74, 6) is -0.490. The van der Waals surface area contributed by atoms with Crippen molar-refractivity contribution >= 4 is 17.6 Å². The van der Waals surface area contributed by atoms with E-state index in [1.54, 1.807) is 27.9 Å². The molecule has 0 bridgehead atoms. The molecule has 6 nitrogen and oxygen atoms in total. The second-order valence-electron chi connectivity index (χ2n) is 8.42. The SMILES string of the molecule is COC(=O)C1=C(c2cccc(-c3ccccc3)c2)C(OC)CN(C(=O)OC(C)(C)C)C1. The first kappa shape index (κ1) is 22.6. The molecule has 1 aliphatic rings. The number of esters is 1. The fourth-order valence-corrected chi connectivity index (χ4v) is 3.64. The third kappa shape index (κ3) is 5.33. The van der Waals surface area contributed by atoms with Gasteiger partial charge in [0.1, 0.15) is 11.7 Å². The van der Waals surface area contributed by atoms with Crippen LogP contribution in [0.1, 0.15) is 26.3 Å². The van der Waals surface area contributed by atoms with Crippen LogP contribution in [-0.4, -0.2) is 56.0 Å². The number of benzene rings is 2. The van der Waals surface area contributed by atoms with Crippen LogP contribution in [0.4, 0.5) is 4.79 Å². The van der Waals surface area contributed by atoms with Crippen LogP contribution in [0.15, 0.2) is 60.2 Å². The Kier molecular flexibility index (Phi) is 6.81. The van der Waals surface area contributed by atoms with Gasteiger partial charge in [0.2, 0.25) is 0 Å². The van der Waals surface area contributed by atoms with E-state index in [2.05, 4.69) is 0 Å². The maximum Gasteiger partial charge on any atom is 0.410 e. The average Bonchev–Trinajstić information content (AvgIpc) is 2.77. The zero-order chi connectivity index (χ0) is 22.6. The Bertz CT molecular complexity index is 975. The van der Waals surface area contributed by atoms with E-state index in [9.17, 15) is 9.59 Å². The van der Waals surface area contributed by atoms with Crippen LogP contribution in [0, 0.1) is 0 Å². The molecule has 2 aromatic rings. The average molecular weight is 424 g/mol. The van der Waals surface area contributed by atoms with E-state index >= 15 is 0 Å². The number of ether oxygens (including phenoxy) is 3. The number of nitrogens with zero attached hydrogens (tertiary/aromatic N) is 1. The minimum atomic E-state index is -0.640. The van der Waals surface area contributed by atoms with Crippen molar-refractivity contribution in [3.05, 3.63) is 65.7 Å². The van der Waals surface area contributed by atoms with Crippen LogP contribution in [0.2, 0.25) is 0 Å². The summed E-state index contributed by atoms with van der Waals surface area (Å²) in [4.78, 5) is 26.9. The van der Waals surface area contributed by atoms with Crippen molar-refractivity contribution in [2.24, 2.45) is 0 Å². The van der Waals surface area contributed by atoms with Crippen molar-refractivity contribution in [2.45, 2.75) is 32.5 Å². The quantitative estimate of drug-likeness (QED) is 0.675. The molecule has 0 aliphatic carbocycles. The first-order chi connectivity index (χ1) is 14.7. The molecule has 1 atom stereocenters. The van der Waals surface area contributed by atoms with Crippen molar-refractivity contribution in [1.82, 2.24) is 4.90 Å². The van der Waals surface area contributed by atoms with Crippen molar-refractivity contribution in [1.29, 1.82) is 0 Å². The number of hydrogen-bond donors (Lipinski definition) is 0. The van der Waals surface area contributed by atoms with Gasteiger partial charge >= 0.3 is 12.1 Å². The van der Waals surface area contributed by atoms with Crippen molar-refractivity contribution in [3.63, 3.8) is 0 Å². The molecule has 2 aromatic carbocycles. The van der Waals surface area contributed by atoms with Crippen LogP contribution >= 0.6 is 0 Å². The lowest BCUT2D eigenvalue weighted by atomic mass is 9.89. The number of carbonyl (C=O) groups is 2. The highest BCUT2D eigenvalue weighted by molar-refractivity contribution is 6.00. The van der Waals surface area contributed by atoms with Gasteiger partial charge in [-0.2, -0.15) is 0 Å². The molecule has 0 radical (unpaired) electrons. The largest absolute Gasteiger partial charge is 0.466 e. The van der Waals surface area contributed by atoms with Gasteiger partial charge in [0.05, 0.1) is 25.8 Å². The predicted octanol–water partition coefficient (Wildman–Crippen LogP) is 4.55. The normalized spacial score (nSPS) is 16.8. The van der Waals surface area contributed by atoms with Crippen LogP contribution in [0.5, 0.6) is 0 Å². The second-order valence-corrected chi connectivity index (χ2v) is 8.42. The molecular formula is C25H29NO5. The van der Waals surface area contributed by atoms with Crippen LogP contribution in [-0.2, 0) is 19.0 Å². The molecule has 0 saturated carbocycles. The predicted molar refractivity (Wildman–Crippen MR) is 119 cm³/mol. The second kappa shape index (κ2) is 9.35. The molecule has 1 heterocycles. The van der Waals surface area contributed by atoms with Gasteiger partial charge in [-0.15, -0.1) is 0 Å². The van der Waals surface area contributed by atoms with Gasteiger partial charge in [-0.1, -0.05) is 48.5 Å². The fourth-order valence-electron chi connectivity index (χ4n) is 3.64. The number of rotatable bonds is 4. The third-order valence-electron chi connectivity index (χ3n) is 5.03. The number of amides is 1. The molecule has 0 N–H and O–H groups in total. The Morgan fingerprint density at radius 1 is 0.935 bits per heavy atom. The maximum atomic E-state index is 12.7. The Hall–Kier alpha value is -3.12. The van der Waals surface area contributed by atoms with Gasteiger partial charge in [0.15, 0.2) is 0 Å². The van der Waals surface area contributed by atoms with Gasteiger partial charge < -0.3 is 19.1 Å². The summed E-state index contributed by atoms with van der Waals surface area (Å²) in [6.45, 7) is 5.78. The summed E-state index contributed by atoms with van der Waals surface area (Å²) < 4.78 is 16.3. The lowest BCUT2D eigenvalue weighted by molar-refractivity contribution is -0.136. The molecule has 31 heavy (non-hydrogen) atoms. The Morgan fingerprint density at radius 3 is 2.19 bits per heavy atom. The lowest BCUT2D eigenvalue weighted by Gasteiger charge is -2.36. The molecule has 1 amide bonds. The van der Waals surface area contributed by atoms with E-state index in [-0.39, 0.29) is 13.1 Å². The highest BCUT2D eigenvalue weighted by Gasteiger charge is 2.36. The van der Waals surface area contributed by atoms with Crippen molar-refractivity contribution in [3.8, 4) is 11.1 Å². The smallest absolute Gasteiger partial charge is 0.410 e. The number of hydrogen-bond acceptors (Lipinski definition) is 5. The van der Waals surface area contributed by atoms with Gasteiger partial charge in [-0.05, 0) is 43.5 Å². The highest BCUT2D eigenvalue weighted by Crippen LogP contribution is 2.33. The minimum Gasteiger partial charge on any atom is -0.466 e. The van der Waals surface area contributed by atoms with Crippen LogP contribution < -0.4 is 0 Å². The molecule has 3 rings (SSSR count). The monoisotopic (exact) mass is 423 g/mol. The highest BCUT2D eigenvalue weighted by atomic mass is 16.6. The molecule has 0 aromatic heterocycles. The van der Waals surface area contributed by atoms with Crippen LogP contribution in [0.25, 0.3) is 16.7 Å². The summed E-state index contributed by atoms with van der Waals surface area (Å²) in [6.07, 6.45) is -0.991. The van der Waals surface area contributed by atoms with E-state index < -0.39 is 23.8 Å². The molecule has 1 unspecified atom stereocenters. The van der Waals surface area contributed by atoms with Crippen molar-refractivity contribution in [2.75, 3.05) is 27.3 Å². The summed E-state index contributed by atoms with van der Waals surface area (Å²) in [5, 5.41) is 0. The van der Waals surface area contributed by atoms with E-state index in [1.807, 2.05) is 54.6 Å². The Balaban J connectivity index is 2.05. The van der Waals surface area contributed by atoms with Crippen molar-refractivity contribution < 1.29 is 23.8 Å². The first-order valence-corrected chi connectivity index (χ1v) is 10.2. The molecule has 1 aliphatic heterocycles. The van der Waals surface area contributed by atoms with E-state index in [0.717, 1.165) is 22.3 Å². The Labute approximate surface area is 183 Å². The lowest BCUT2D eigenvalue weighted by Crippen LogP contribution is -2.47. The fraction of sp³-hybridized carbons (Fsp3) is 0.360. The topological polar surface area (TPSA) is 65.1 Å². The zero-order valence-corrected chi connectivity index (χ0v) is 18.7. The minimum absolute atomic E-state index is 0.0896. The van der Waals surface area contributed by atoms with Gasteiger partial charge in [0, 0.05) is 12.7 Å². The first-order valence-electron chi connectivity index (χ1n) is 10.2. The number of methoxy groups -OCH3 is 2. The van der Waals surface area contributed by atoms with E-state index in [1.165, 1.54) is 12.0 Å². The number of carbonyl (C=O) groups excluding carboxylic acids is 2. The van der Waals surface area contributed by atoms with E-state index in [4.69, 9.17) is 14.2 Å². The molecule has 0 spiro atoms. The van der Waals surface area contributed by atoms with Crippen LogP contribution in [0.3, 0.4) is 0 Å².